The second-order valence-electron chi connectivity index (χ2n) is 9.64. The van der Waals surface area contributed by atoms with E-state index in [1.165, 1.54) is 35.7 Å². The molecule has 1 amide bonds. The lowest BCUT2D eigenvalue weighted by Gasteiger charge is -2.33. The molecule has 7 heteroatoms. The number of imidazole rings is 1. The molecule has 0 unspecified atom stereocenters. The number of likely N-dealkylation sites (tertiary alicyclic amines) is 1. The number of hydrogen-bond donors (Lipinski definition) is 1. The van der Waals surface area contributed by atoms with Crippen LogP contribution in [0.3, 0.4) is 0 Å². The third-order valence-corrected chi connectivity index (χ3v) is 6.85. The fourth-order valence-corrected chi connectivity index (χ4v) is 4.99. The minimum Gasteiger partial charge on any atom is -0.342 e. The third-order valence-electron chi connectivity index (χ3n) is 6.85. The fourth-order valence-electron chi connectivity index (χ4n) is 4.99. The molecular weight excluding hydrogens is 426 g/mol. The Morgan fingerprint density at radius 2 is 2.03 bits per heavy atom. The van der Waals surface area contributed by atoms with E-state index in [4.69, 9.17) is 5.26 Å². The zero-order chi connectivity index (χ0) is 24.1. The number of aromatic amines is 1. The van der Waals surface area contributed by atoms with Gasteiger partial charge in [-0.2, -0.15) is 5.26 Å². The number of nitriles is 1. The van der Waals surface area contributed by atoms with Gasteiger partial charge in [0.25, 0.3) is 0 Å². The number of carbonyl (C=O) groups is 2. The maximum Gasteiger partial charge on any atom is 0.236 e. The number of benzene rings is 1. The van der Waals surface area contributed by atoms with Crippen LogP contribution in [0.1, 0.15) is 77.4 Å². The van der Waals surface area contributed by atoms with E-state index in [1.54, 1.807) is 0 Å². The fraction of sp³-hybridized carbons (Fsp3) is 0.481. The number of carbonyl (C=O) groups excluding carboxylic acids is 2. The van der Waals surface area contributed by atoms with Crippen LogP contribution in [-0.2, 0) is 11.2 Å². The van der Waals surface area contributed by atoms with E-state index in [-0.39, 0.29) is 23.9 Å². The molecule has 1 aliphatic heterocycles. The average Bonchev–Trinajstić information content (AvgIpc) is 3.34. The Hall–Kier alpha value is -3.24. The van der Waals surface area contributed by atoms with E-state index in [2.05, 4.69) is 34.2 Å². The molecule has 1 saturated heterocycles. The molecule has 0 bridgehead atoms. The first-order valence-corrected chi connectivity index (χ1v) is 12.2. The van der Waals surface area contributed by atoms with Gasteiger partial charge in [0, 0.05) is 19.5 Å². The molecule has 4 rings (SSSR count). The van der Waals surface area contributed by atoms with Crippen molar-refractivity contribution in [1.82, 2.24) is 19.8 Å². The van der Waals surface area contributed by atoms with Gasteiger partial charge in [0.05, 0.1) is 12.7 Å². The first-order valence-electron chi connectivity index (χ1n) is 12.2. The Balaban J connectivity index is 1.53. The molecule has 0 atom stereocenters. The summed E-state index contributed by atoms with van der Waals surface area (Å²) in [6.45, 7) is 2.03. The van der Waals surface area contributed by atoms with Crippen LogP contribution >= 0.6 is 0 Å². The SMILES string of the molecule is CN(C)CC(=O)N1CCC(c2ccc(CC(=O)c3ncc(C#N)[nH]3)c(C3=CCCCC3)c2)CC1. The second kappa shape index (κ2) is 10.8. The van der Waals surface area contributed by atoms with Crippen LogP contribution in [0.15, 0.2) is 30.5 Å². The summed E-state index contributed by atoms with van der Waals surface area (Å²) in [5.41, 5.74) is 5.09. The van der Waals surface area contributed by atoms with Crippen molar-refractivity contribution in [1.29, 1.82) is 5.26 Å². The Labute approximate surface area is 201 Å². The number of allylic oxidation sites excluding steroid dienone is 2. The Kier molecular flexibility index (Phi) is 7.59. The van der Waals surface area contributed by atoms with Crippen LogP contribution in [0.5, 0.6) is 0 Å². The molecule has 1 aromatic carbocycles. The van der Waals surface area contributed by atoms with Crippen LogP contribution in [0.2, 0.25) is 0 Å². The van der Waals surface area contributed by atoms with Crippen molar-refractivity contribution in [2.45, 2.75) is 50.9 Å². The highest BCUT2D eigenvalue weighted by Gasteiger charge is 2.25. The first-order chi connectivity index (χ1) is 16.4. The summed E-state index contributed by atoms with van der Waals surface area (Å²) in [7, 11) is 3.85. The number of nitrogens with one attached hydrogen (secondary N) is 1. The molecule has 1 N–H and O–H groups in total. The van der Waals surface area contributed by atoms with E-state index in [0.717, 1.165) is 44.3 Å². The highest BCUT2D eigenvalue weighted by atomic mass is 16.2. The quantitative estimate of drug-likeness (QED) is 0.633. The molecule has 2 aromatic rings. The molecule has 1 fully saturated rings. The number of Topliss-reactive ketones (excluding diaryl/α,β-unsaturated/α-hetero) is 1. The third kappa shape index (κ3) is 5.63. The highest BCUT2D eigenvalue weighted by Crippen LogP contribution is 2.35. The van der Waals surface area contributed by atoms with E-state index in [0.29, 0.717) is 18.2 Å². The summed E-state index contributed by atoms with van der Waals surface area (Å²) in [5.74, 6) is 0.737. The summed E-state index contributed by atoms with van der Waals surface area (Å²) in [6.07, 6.45) is 10.4. The molecule has 0 saturated carbocycles. The standard InChI is InChI=1S/C27H33N5O2/c1-31(2)18-26(34)32-12-10-19(11-13-32)21-8-9-22(24(14-21)20-6-4-3-5-7-20)15-25(33)27-29-17-23(16-28)30-27/h6,8-9,14,17,19H,3-5,7,10-13,15,18H2,1-2H3,(H,29,30). The maximum absolute atomic E-state index is 12.9. The number of likely N-dealkylation sites (N-methyl/N-ethyl adjacent to an activating group) is 1. The van der Waals surface area contributed by atoms with Gasteiger partial charge in [-0.05, 0) is 80.8 Å². The molecule has 7 nitrogen and oxygen atoms in total. The van der Waals surface area contributed by atoms with Gasteiger partial charge in [-0.3, -0.25) is 9.59 Å². The van der Waals surface area contributed by atoms with Crippen molar-refractivity contribution >= 4 is 17.3 Å². The van der Waals surface area contributed by atoms with Crippen molar-refractivity contribution in [2.75, 3.05) is 33.7 Å². The number of amides is 1. The van der Waals surface area contributed by atoms with Gasteiger partial charge in [-0.15, -0.1) is 0 Å². The summed E-state index contributed by atoms with van der Waals surface area (Å²) in [6, 6.07) is 8.51. The van der Waals surface area contributed by atoms with Crippen molar-refractivity contribution in [3.8, 4) is 6.07 Å². The van der Waals surface area contributed by atoms with Gasteiger partial charge < -0.3 is 14.8 Å². The van der Waals surface area contributed by atoms with Crippen molar-refractivity contribution in [3.05, 3.63) is 58.7 Å². The van der Waals surface area contributed by atoms with Crippen LogP contribution < -0.4 is 0 Å². The second-order valence-corrected chi connectivity index (χ2v) is 9.64. The van der Waals surface area contributed by atoms with Crippen LogP contribution in [0.25, 0.3) is 5.57 Å². The highest BCUT2D eigenvalue weighted by molar-refractivity contribution is 5.95. The number of ketones is 1. The zero-order valence-corrected chi connectivity index (χ0v) is 20.1. The first kappa shape index (κ1) is 23.9. The number of rotatable bonds is 7. The lowest BCUT2D eigenvalue weighted by Crippen LogP contribution is -2.42. The number of H-pyrrole nitrogens is 1. The van der Waals surface area contributed by atoms with Crippen LogP contribution in [0.4, 0.5) is 0 Å². The van der Waals surface area contributed by atoms with Gasteiger partial charge >= 0.3 is 0 Å². The lowest BCUT2D eigenvalue weighted by atomic mass is 9.83. The smallest absolute Gasteiger partial charge is 0.236 e. The number of aromatic nitrogens is 2. The molecular formula is C27H33N5O2. The van der Waals surface area contributed by atoms with Gasteiger partial charge in [-0.25, -0.2) is 4.98 Å². The normalized spacial score (nSPS) is 16.9. The van der Waals surface area contributed by atoms with Crippen molar-refractivity contribution in [3.63, 3.8) is 0 Å². The average molecular weight is 460 g/mol. The van der Waals surface area contributed by atoms with E-state index in [9.17, 15) is 9.59 Å². The van der Waals surface area contributed by atoms with E-state index >= 15 is 0 Å². The molecule has 2 heterocycles. The van der Waals surface area contributed by atoms with Crippen LogP contribution in [-0.4, -0.2) is 65.2 Å². The summed E-state index contributed by atoms with van der Waals surface area (Å²) < 4.78 is 0. The number of nitrogens with zero attached hydrogens (tertiary/aromatic N) is 4. The maximum atomic E-state index is 12.9. The van der Waals surface area contributed by atoms with Gasteiger partial charge in [0.2, 0.25) is 11.7 Å². The largest absolute Gasteiger partial charge is 0.342 e. The topological polar surface area (TPSA) is 93.1 Å². The molecule has 178 valence electrons. The zero-order valence-electron chi connectivity index (χ0n) is 20.1. The summed E-state index contributed by atoms with van der Waals surface area (Å²) in [4.78, 5) is 36.1. The molecule has 1 aromatic heterocycles. The minimum absolute atomic E-state index is 0.111. The van der Waals surface area contributed by atoms with Crippen molar-refractivity contribution < 1.29 is 9.59 Å². The Morgan fingerprint density at radius 1 is 1.24 bits per heavy atom. The predicted molar refractivity (Wildman–Crippen MR) is 131 cm³/mol. The molecule has 1 aliphatic carbocycles. The molecule has 34 heavy (non-hydrogen) atoms. The monoisotopic (exact) mass is 459 g/mol. The molecule has 0 spiro atoms. The van der Waals surface area contributed by atoms with E-state index in [1.807, 2.05) is 30.0 Å². The van der Waals surface area contributed by atoms with Crippen molar-refractivity contribution in [2.24, 2.45) is 0 Å². The molecule has 0 radical (unpaired) electrons. The van der Waals surface area contributed by atoms with E-state index < -0.39 is 0 Å². The Morgan fingerprint density at radius 3 is 2.68 bits per heavy atom. The molecule has 2 aliphatic rings. The summed E-state index contributed by atoms with van der Waals surface area (Å²) >= 11 is 0. The predicted octanol–water partition coefficient (Wildman–Crippen LogP) is 3.93. The minimum atomic E-state index is -0.111. The van der Waals surface area contributed by atoms with Gasteiger partial charge in [0.15, 0.2) is 5.82 Å². The van der Waals surface area contributed by atoms with Crippen LogP contribution in [0, 0.1) is 11.3 Å². The Bertz CT molecular complexity index is 1120. The van der Waals surface area contributed by atoms with Gasteiger partial charge in [-0.1, -0.05) is 24.3 Å². The number of hydrogen-bond acceptors (Lipinski definition) is 5. The number of piperidine rings is 1. The lowest BCUT2D eigenvalue weighted by molar-refractivity contribution is -0.132. The van der Waals surface area contributed by atoms with Gasteiger partial charge in [0.1, 0.15) is 11.8 Å². The summed E-state index contributed by atoms with van der Waals surface area (Å²) in [5, 5.41) is 9.01.